The van der Waals surface area contributed by atoms with Crippen molar-refractivity contribution in [2.45, 2.75) is 32.5 Å². The minimum absolute atomic E-state index is 0.533. The van der Waals surface area contributed by atoms with Crippen LogP contribution in [-0.4, -0.2) is 42.5 Å². The lowest BCUT2D eigenvalue weighted by Gasteiger charge is -2.34. The zero-order chi connectivity index (χ0) is 15.7. The number of halogens is 3. The van der Waals surface area contributed by atoms with E-state index in [4.69, 9.17) is 0 Å². The molecule has 0 N–H and O–H groups in total. The Hall–Kier alpha value is -1.07. The van der Waals surface area contributed by atoms with Gasteiger partial charge in [0.1, 0.15) is 0 Å². The van der Waals surface area contributed by atoms with E-state index in [1.54, 1.807) is 6.92 Å². The van der Waals surface area contributed by atoms with Crippen LogP contribution in [0.25, 0.3) is 0 Å². The molecule has 0 radical (unpaired) electrons. The summed E-state index contributed by atoms with van der Waals surface area (Å²) in [7, 11) is 0. The highest BCUT2D eigenvalue weighted by Crippen LogP contribution is 2.31. The van der Waals surface area contributed by atoms with Crippen LogP contribution >= 0.6 is 0 Å². The van der Waals surface area contributed by atoms with Crippen molar-refractivity contribution in [2.24, 2.45) is 5.92 Å². The summed E-state index contributed by atoms with van der Waals surface area (Å²) in [6.45, 7) is 7.51. The first-order chi connectivity index (χ1) is 10.4. The van der Waals surface area contributed by atoms with Crippen molar-refractivity contribution in [3.05, 3.63) is 34.9 Å². The monoisotopic (exact) mass is 312 g/mol. The van der Waals surface area contributed by atoms with Crippen LogP contribution in [0.1, 0.15) is 29.5 Å². The average molecular weight is 312 g/mol. The first-order valence-electron chi connectivity index (χ1n) is 8.02. The van der Waals surface area contributed by atoms with Crippen molar-refractivity contribution in [3.8, 4) is 0 Å². The van der Waals surface area contributed by atoms with Gasteiger partial charge in [-0.1, -0.05) is 11.6 Å². The highest BCUT2D eigenvalue weighted by Gasteiger charge is 2.31. The standard InChI is InChI=1S/C17H23F3N2/c1-13-8-15(10-16(9-13)17(18,19)20)12-22-6-4-21(5-7-22)11-14-2-3-14/h8-10,14H,2-7,11-12H2,1H3. The molecule has 0 aromatic heterocycles. The molecule has 0 spiro atoms. The molecule has 2 nitrogen and oxygen atoms in total. The lowest BCUT2D eigenvalue weighted by Crippen LogP contribution is -2.46. The van der Waals surface area contributed by atoms with Crippen LogP contribution in [0.5, 0.6) is 0 Å². The van der Waals surface area contributed by atoms with E-state index in [9.17, 15) is 13.2 Å². The molecule has 1 aliphatic carbocycles. The Balaban J connectivity index is 1.58. The number of hydrogen-bond donors (Lipinski definition) is 0. The zero-order valence-electron chi connectivity index (χ0n) is 13.0. The summed E-state index contributed by atoms with van der Waals surface area (Å²) in [5.74, 6) is 0.901. The van der Waals surface area contributed by atoms with Crippen molar-refractivity contribution < 1.29 is 13.2 Å². The highest BCUT2D eigenvalue weighted by molar-refractivity contribution is 5.31. The summed E-state index contributed by atoms with van der Waals surface area (Å²) < 4.78 is 38.7. The van der Waals surface area contributed by atoms with Crippen LogP contribution in [0.2, 0.25) is 0 Å². The van der Waals surface area contributed by atoms with Crippen LogP contribution in [0, 0.1) is 12.8 Å². The lowest BCUT2D eigenvalue weighted by atomic mass is 10.1. The molecule has 0 amide bonds. The second-order valence-electron chi connectivity index (χ2n) is 6.73. The quantitative estimate of drug-likeness (QED) is 0.839. The average Bonchev–Trinajstić information content (AvgIpc) is 3.23. The van der Waals surface area contributed by atoms with Crippen molar-refractivity contribution in [1.29, 1.82) is 0 Å². The third-order valence-corrected chi connectivity index (χ3v) is 4.55. The molecule has 0 atom stereocenters. The number of benzene rings is 1. The van der Waals surface area contributed by atoms with E-state index in [2.05, 4.69) is 9.80 Å². The van der Waals surface area contributed by atoms with Crippen molar-refractivity contribution in [1.82, 2.24) is 9.80 Å². The van der Waals surface area contributed by atoms with Crippen LogP contribution in [0.4, 0.5) is 13.2 Å². The Morgan fingerprint density at radius 1 is 1.00 bits per heavy atom. The van der Waals surface area contributed by atoms with Gasteiger partial charge in [-0.15, -0.1) is 0 Å². The SMILES string of the molecule is Cc1cc(CN2CCN(CC3CC3)CC2)cc(C(F)(F)F)c1. The van der Waals surface area contributed by atoms with Crippen molar-refractivity contribution in [3.63, 3.8) is 0 Å². The molecule has 1 aromatic carbocycles. The van der Waals surface area contributed by atoms with Gasteiger partial charge >= 0.3 is 6.18 Å². The molecular formula is C17H23F3N2. The van der Waals surface area contributed by atoms with Crippen LogP contribution in [0.3, 0.4) is 0 Å². The molecule has 0 bridgehead atoms. The number of nitrogens with zero attached hydrogens (tertiary/aromatic N) is 2. The minimum Gasteiger partial charge on any atom is -0.301 e. The third-order valence-electron chi connectivity index (χ3n) is 4.55. The van der Waals surface area contributed by atoms with E-state index in [1.807, 2.05) is 6.07 Å². The largest absolute Gasteiger partial charge is 0.416 e. The fourth-order valence-corrected chi connectivity index (χ4v) is 3.17. The molecule has 3 rings (SSSR count). The lowest BCUT2D eigenvalue weighted by molar-refractivity contribution is -0.137. The molecule has 1 saturated heterocycles. The van der Waals surface area contributed by atoms with Crippen LogP contribution < -0.4 is 0 Å². The first-order valence-corrected chi connectivity index (χ1v) is 8.02. The molecule has 1 aliphatic heterocycles. The van der Waals surface area contributed by atoms with Gasteiger partial charge < -0.3 is 4.90 Å². The predicted molar refractivity (Wildman–Crippen MR) is 80.6 cm³/mol. The van der Waals surface area contributed by atoms with Gasteiger partial charge in [-0.2, -0.15) is 13.2 Å². The predicted octanol–water partition coefficient (Wildman–Crippen LogP) is 3.54. The molecule has 1 heterocycles. The molecule has 22 heavy (non-hydrogen) atoms. The van der Waals surface area contributed by atoms with Gasteiger partial charge in [-0.3, -0.25) is 4.90 Å². The Labute approximate surface area is 129 Å². The van der Waals surface area contributed by atoms with Crippen LogP contribution in [-0.2, 0) is 12.7 Å². The Bertz CT molecular complexity index is 515. The van der Waals surface area contributed by atoms with Crippen molar-refractivity contribution >= 4 is 0 Å². The molecule has 122 valence electrons. The smallest absolute Gasteiger partial charge is 0.301 e. The highest BCUT2D eigenvalue weighted by atomic mass is 19.4. The summed E-state index contributed by atoms with van der Waals surface area (Å²) in [6.07, 6.45) is -1.53. The maximum absolute atomic E-state index is 12.9. The van der Waals surface area contributed by atoms with Gasteiger partial charge in [-0.25, -0.2) is 0 Å². The number of aryl methyl sites for hydroxylation is 1. The maximum Gasteiger partial charge on any atom is 0.416 e. The topological polar surface area (TPSA) is 6.48 Å². The summed E-state index contributed by atoms with van der Waals surface area (Å²) in [5, 5.41) is 0. The summed E-state index contributed by atoms with van der Waals surface area (Å²) >= 11 is 0. The number of piperazine rings is 1. The molecule has 0 unspecified atom stereocenters. The second kappa shape index (κ2) is 6.20. The zero-order valence-corrected chi connectivity index (χ0v) is 13.0. The number of hydrogen-bond acceptors (Lipinski definition) is 2. The van der Waals surface area contributed by atoms with E-state index >= 15 is 0 Å². The first kappa shape index (κ1) is 15.8. The van der Waals surface area contributed by atoms with E-state index in [-0.39, 0.29) is 0 Å². The summed E-state index contributed by atoms with van der Waals surface area (Å²) in [6, 6.07) is 4.38. The van der Waals surface area contributed by atoms with Gasteiger partial charge in [-0.05, 0) is 43.4 Å². The van der Waals surface area contributed by atoms with Gasteiger partial charge in [0.15, 0.2) is 0 Å². The third kappa shape index (κ3) is 4.23. The second-order valence-corrected chi connectivity index (χ2v) is 6.73. The van der Waals surface area contributed by atoms with Crippen LogP contribution in [0.15, 0.2) is 18.2 Å². The van der Waals surface area contributed by atoms with Gasteiger partial charge in [0.25, 0.3) is 0 Å². The molecule has 5 heteroatoms. The van der Waals surface area contributed by atoms with Gasteiger partial charge in [0.05, 0.1) is 5.56 Å². The molecule has 2 aliphatic rings. The number of alkyl halides is 3. The molecule has 2 fully saturated rings. The van der Waals surface area contributed by atoms with E-state index in [1.165, 1.54) is 31.5 Å². The Morgan fingerprint density at radius 2 is 1.64 bits per heavy atom. The fraction of sp³-hybridized carbons (Fsp3) is 0.647. The van der Waals surface area contributed by atoms with Crippen molar-refractivity contribution in [2.75, 3.05) is 32.7 Å². The molecule has 1 aromatic rings. The minimum atomic E-state index is -4.26. The molecular weight excluding hydrogens is 289 g/mol. The fourth-order valence-electron chi connectivity index (χ4n) is 3.17. The Morgan fingerprint density at radius 3 is 2.23 bits per heavy atom. The molecule has 1 saturated carbocycles. The van der Waals surface area contributed by atoms with Gasteiger partial charge in [0, 0.05) is 39.3 Å². The van der Waals surface area contributed by atoms with E-state index in [0.29, 0.717) is 12.1 Å². The van der Waals surface area contributed by atoms with E-state index in [0.717, 1.165) is 37.7 Å². The maximum atomic E-state index is 12.9. The summed E-state index contributed by atoms with van der Waals surface area (Å²) in [5.41, 5.74) is 0.912. The van der Waals surface area contributed by atoms with Gasteiger partial charge in [0.2, 0.25) is 0 Å². The summed E-state index contributed by atoms with van der Waals surface area (Å²) in [4.78, 5) is 4.75. The van der Waals surface area contributed by atoms with E-state index < -0.39 is 11.7 Å². The Kier molecular flexibility index (Phi) is 4.46. The normalized spacial score (nSPS) is 21.3. The number of rotatable bonds is 4.